The van der Waals surface area contributed by atoms with E-state index in [1.165, 1.54) is 11.9 Å². The van der Waals surface area contributed by atoms with Crippen molar-refractivity contribution in [3.63, 3.8) is 0 Å². The Kier molecular flexibility index (Phi) is 4.56. The Morgan fingerprint density at radius 3 is 2.71 bits per heavy atom. The molecule has 0 aromatic heterocycles. The van der Waals surface area contributed by atoms with Crippen LogP contribution in [-0.4, -0.2) is 71.4 Å². The van der Waals surface area contributed by atoms with Crippen molar-refractivity contribution in [2.45, 2.75) is 25.8 Å². The van der Waals surface area contributed by atoms with Crippen molar-refractivity contribution in [2.24, 2.45) is 11.0 Å². The molecule has 1 N–H and O–H groups in total. The molecule has 0 saturated carbocycles. The fraction of sp³-hybridized carbons (Fsp3) is 0.692. The van der Waals surface area contributed by atoms with Gasteiger partial charge in [0.1, 0.15) is 11.6 Å². The van der Waals surface area contributed by atoms with Crippen LogP contribution in [0.25, 0.3) is 0 Å². The molecular formula is C13H19N3O5. The van der Waals surface area contributed by atoms with E-state index in [2.05, 4.69) is 5.10 Å². The van der Waals surface area contributed by atoms with E-state index in [1.54, 1.807) is 6.92 Å². The summed E-state index contributed by atoms with van der Waals surface area (Å²) in [6.45, 7) is 2.47. The van der Waals surface area contributed by atoms with Gasteiger partial charge in [0.25, 0.3) is 5.91 Å². The molecule has 8 nitrogen and oxygen atoms in total. The summed E-state index contributed by atoms with van der Waals surface area (Å²) in [7, 11) is 1.50. The van der Waals surface area contributed by atoms with E-state index in [0.29, 0.717) is 6.54 Å². The quantitative estimate of drug-likeness (QED) is 0.757. The highest BCUT2D eigenvalue weighted by Crippen LogP contribution is 2.21. The molecule has 2 heterocycles. The molecule has 2 amide bonds. The Labute approximate surface area is 122 Å². The van der Waals surface area contributed by atoms with Crippen molar-refractivity contribution in [1.82, 2.24) is 9.91 Å². The molecule has 2 atom stereocenters. The summed E-state index contributed by atoms with van der Waals surface area (Å²) in [6, 6.07) is -0.495. The van der Waals surface area contributed by atoms with Gasteiger partial charge in [0.15, 0.2) is 0 Å². The number of carboxylic acids is 1. The monoisotopic (exact) mass is 297 g/mol. The highest BCUT2D eigenvalue weighted by Gasteiger charge is 2.40. The second kappa shape index (κ2) is 6.21. The molecular weight excluding hydrogens is 278 g/mol. The number of ether oxygens (including phenoxy) is 1. The topological polar surface area (TPSA) is 99.5 Å². The molecule has 1 saturated heterocycles. The van der Waals surface area contributed by atoms with Gasteiger partial charge in [-0.25, -0.2) is 5.01 Å². The lowest BCUT2D eigenvalue weighted by molar-refractivity contribution is -0.144. The van der Waals surface area contributed by atoms with Crippen LogP contribution in [0.2, 0.25) is 0 Å². The van der Waals surface area contributed by atoms with Gasteiger partial charge in [-0.2, -0.15) is 5.10 Å². The summed E-state index contributed by atoms with van der Waals surface area (Å²) in [4.78, 5) is 36.6. The van der Waals surface area contributed by atoms with Gasteiger partial charge < -0.3 is 14.7 Å². The highest BCUT2D eigenvalue weighted by atomic mass is 16.5. The van der Waals surface area contributed by atoms with Crippen LogP contribution in [0, 0.1) is 5.92 Å². The zero-order chi connectivity index (χ0) is 15.6. The van der Waals surface area contributed by atoms with Crippen LogP contribution in [0.3, 0.4) is 0 Å². The molecule has 21 heavy (non-hydrogen) atoms. The summed E-state index contributed by atoms with van der Waals surface area (Å²) in [6.07, 6.45) is 0.520. The lowest BCUT2D eigenvalue weighted by Crippen LogP contribution is -2.50. The number of hydrogen-bond donors (Lipinski definition) is 1. The molecule has 1 fully saturated rings. The molecule has 0 radical (unpaired) electrons. The number of nitrogens with zero attached hydrogens (tertiary/aromatic N) is 3. The molecule has 2 aliphatic heterocycles. The van der Waals surface area contributed by atoms with Gasteiger partial charge in [0.2, 0.25) is 5.91 Å². The Bertz CT molecular complexity index is 490. The first-order valence-electron chi connectivity index (χ1n) is 6.91. The van der Waals surface area contributed by atoms with Gasteiger partial charge >= 0.3 is 5.97 Å². The van der Waals surface area contributed by atoms with Gasteiger partial charge in [-0.05, 0) is 6.92 Å². The third-order valence-electron chi connectivity index (χ3n) is 3.82. The number of hydrazone groups is 1. The lowest BCUT2D eigenvalue weighted by Gasteiger charge is -2.31. The Hall–Kier alpha value is -1.96. The summed E-state index contributed by atoms with van der Waals surface area (Å²) in [5.74, 6) is -2.15. The Balaban J connectivity index is 2.17. The van der Waals surface area contributed by atoms with Crippen LogP contribution in [0.4, 0.5) is 0 Å². The molecule has 2 aliphatic rings. The zero-order valence-corrected chi connectivity index (χ0v) is 12.1. The summed E-state index contributed by atoms with van der Waals surface area (Å²) >= 11 is 0. The van der Waals surface area contributed by atoms with Crippen LogP contribution in [0.1, 0.15) is 19.8 Å². The third kappa shape index (κ3) is 3.05. The normalized spacial score (nSPS) is 25.7. The van der Waals surface area contributed by atoms with Crippen molar-refractivity contribution in [1.29, 1.82) is 0 Å². The van der Waals surface area contributed by atoms with Gasteiger partial charge in [0.05, 0.1) is 19.3 Å². The minimum Gasteiger partial charge on any atom is -0.481 e. The maximum absolute atomic E-state index is 12.5. The van der Waals surface area contributed by atoms with Crippen molar-refractivity contribution >= 4 is 23.5 Å². The predicted octanol–water partition coefficient (Wildman–Crippen LogP) is -0.457. The van der Waals surface area contributed by atoms with E-state index < -0.39 is 17.9 Å². The second-order valence-corrected chi connectivity index (χ2v) is 5.10. The standard InChI is InChI=1S/C13H19N3O5/c1-3-16(10-7-21-6-8(10)13(19)20)12(18)9-4-5-11(17)15(2)14-9/h8,10H,3-7H2,1-2H3,(H,19,20). The molecule has 0 bridgehead atoms. The first kappa shape index (κ1) is 15.4. The highest BCUT2D eigenvalue weighted by molar-refractivity contribution is 6.39. The van der Waals surface area contributed by atoms with Crippen LogP contribution >= 0.6 is 0 Å². The minimum atomic E-state index is -0.971. The van der Waals surface area contributed by atoms with Gasteiger partial charge in [0, 0.05) is 26.4 Å². The molecule has 116 valence electrons. The minimum absolute atomic E-state index is 0.106. The van der Waals surface area contributed by atoms with Gasteiger partial charge in [-0.3, -0.25) is 14.4 Å². The first-order valence-corrected chi connectivity index (χ1v) is 6.91. The van der Waals surface area contributed by atoms with Crippen molar-refractivity contribution in [3.8, 4) is 0 Å². The van der Waals surface area contributed by atoms with Gasteiger partial charge in [-0.15, -0.1) is 0 Å². The van der Waals surface area contributed by atoms with E-state index in [-0.39, 0.29) is 43.6 Å². The first-order chi connectivity index (χ1) is 9.95. The van der Waals surface area contributed by atoms with Crippen molar-refractivity contribution < 1.29 is 24.2 Å². The number of amides is 2. The summed E-state index contributed by atoms with van der Waals surface area (Å²) in [5, 5.41) is 14.3. The number of carbonyl (C=O) groups is 3. The number of aliphatic carboxylic acids is 1. The van der Waals surface area contributed by atoms with Crippen LogP contribution < -0.4 is 0 Å². The third-order valence-corrected chi connectivity index (χ3v) is 3.82. The summed E-state index contributed by atoms with van der Waals surface area (Å²) in [5.41, 5.74) is 0.287. The summed E-state index contributed by atoms with van der Waals surface area (Å²) < 4.78 is 5.21. The molecule has 0 aromatic carbocycles. The van der Waals surface area contributed by atoms with Crippen LogP contribution in [0.5, 0.6) is 0 Å². The fourth-order valence-electron chi connectivity index (χ4n) is 2.60. The van der Waals surface area contributed by atoms with E-state index in [0.717, 1.165) is 5.01 Å². The molecule has 0 spiro atoms. The molecule has 2 unspecified atom stereocenters. The molecule has 8 heteroatoms. The largest absolute Gasteiger partial charge is 0.481 e. The Morgan fingerprint density at radius 2 is 2.14 bits per heavy atom. The number of likely N-dealkylation sites (N-methyl/N-ethyl adjacent to an activating group) is 1. The second-order valence-electron chi connectivity index (χ2n) is 5.10. The van der Waals surface area contributed by atoms with E-state index >= 15 is 0 Å². The number of carbonyl (C=O) groups excluding carboxylic acids is 2. The molecule has 0 aromatic rings. The fourth-order valence-corrected chi connectivity index (χ4v) is 2.60. The van der Waals surface area contributed by atoms with Crippen molar-refractivity contribution in [2.75, 3.05) is 26.8 Å². The maximum Gasteiger partial charge on any atom is 0.311 e. The average molecular weight is 297 g/mol. The Morgan fingerprint density at radius 1 is 1.43 bits per heavy atom. The average Bonchev–Trinajstić information content (AvgIpc) is 2.92. The van der Waals surface area contributed by atoms with E-state index in [1.807, 2.05) is 0 Å². The molecule has 2 rings (SSSR count). The molecule has 0 aliphatic carbocycles. The van der Waals surface area contributed by atoms with Crippen LogP contribution in [-0.2, 0) is 19.1 Å². The zero-order valence-electron chi connectivity index (χ0n) is 12.1. The predicted molar refractivity (Wildman–Crippen MR) is 72.6 cm³/mol. The van der Waals surface area contributed by atoms with Crippen LogP contribution in [0.15, 0.2) is 5.10 Å². The number of hydrogen-bond acceptors (Lipinski definition) is 5. The van der Waals surface area contributed by atoms with Gasteiger partial charge in [-0.1, -0.05) is 0 Å². The maximum atomic E-state index is 12.5. The van der Waals surface area contributed by atoms with E-state index in [4.69, 9.17) is 4.74 Å². The number of carboxylic acid groups (broad SMARTS) is 1. The van der Waals surface area contributed by atoms with Crippen molar-refractivity contribution in [3.05, 3.63) is 0 Å². The number of rotatable bonds is 4. The smallest absolute Gasteiger partial charge is 0.311 e. The lowest BCUT2D eigenvalue weighted by atomic mass is 10.0. The van der Waals surface area contributed by atoms with E-state index in [9.17, 15) is 19.5 Å². The SMILES string of the molecule is CCN(C(=O)C1=NN(C)C(=O)CC1)C1COCC1C(=O)O.